The number of benzene rings is 2. The summed E-state index contributed by atoms with van der Waals surface area (Å²) in [5.41, 5.74) is 4.19. The van der Waals surface area contributed by atoms with E-state index < -0.39 is 0 Å². The average molecular weight is 398 g/mol. The number of carbonyl (C=O) groups is 1. The summed E-state index contributed by atoms with van der Waals surface area (Å²) in [5, 5.41) is 7.08. The van der Waals surface area contributed by atoms with Crippen molar-refractivity contribution < 1.29 is 9.53 Å². The van der Waals surface area contributed by atoms with Crippen LogP contribution in [0.3, 0.4) is 0 Å². The highest BCUT2D eigenvalue weighted by Crippen LogP contribution is 2.27. The molecule has 3 rings (SSSR count). The molecule has 1 saturated heterocycles. The number of methoxy groups -OCH3 is 1. The number of aryl methyl sites for hydroxylation is 2. The van der Waals surface area contributed by atoms with Crippen LogP contribution in [-0.2, 0) is 11.2 Å². The minimum atomic E-state index is 0.205. The van der Waals surface area contributed by atoms with E-state index in [2.05, 4.69) is 16.7 Å². The summed E-state index contributed by atoms with van der Waals surface area (Å²) < 4.78 is 5.38. The molecule has 1 fully saturated rings. The minimum absolute atomic E-state index is 0.205. The van der Waals surface area contributed by atoms with Crippen molar-refractivity contribution in [2.75, 3.05) is 30.4 Å². The Kier molecular flexibility index (Phi) is 6.87. The van der Waals surface area contributed by atoms with Gasteiger partial charge in [0.15, 0.2) is 5.11 Å². The second-order valence-corrected chi connectivity index (χ2v) is 7.35. The summed E-state index contributed by atoms with van der Waals surface area (Å²) in [6.45, 7) is 3.61. The molecule has 5 nitrogen and oxygen atoms in total. The van der Waals surface area contributed by atoms with Crippen molar-refractivity contribution in [1.82, 2.24) is 5.32 Å². The lowest BCUT2D eigenvalue weighted by molar-refractivity contribution is -0.117. The molecule has 2 aromatic rings. The van der Waals surface area contributed by atoms with E-state index in [1.807, 2.05) is 48.2 Å². The summed E-state index contributed by atoms with van der Waals surface area (Å²) >= 11 is 5.41. The molecule has 148 valence electrons. The third-order valence-electron chi connectivity index (χ3n) is 4.92. The van der Waals surface area contributed by atoms with Gasteiger partial charge >= 0.3 is 0 Å². The fraction of sp³-hybridized carbons (Fsp3) is 0.364. The number of anilines is 2. The topological polar surface area (TPSA) is 53.6 Å². The van der Waals surface area contributed by atoms with Crippen LogP contribution in [0.25, 0.3) is 0 Å². The van der Waals surface area contributed by atoms with Crippen LogP contribution < -0.4 is 20.3 Å². The van der Waals surface area contributed by atoms with Crippen LogP contribution in [0.15, 0.2) is 42.5 Å². The summed E-state index contributed by atoms with van der Waals surface area (Å²) in [6.07, 6.45) is 3.46. The molecular formula is C22H27N3O2S. The zero-order valence-corrected chi connectivity index (χ0v) is 17.3. The smallest absolute Gasteiger partial charge is 0.227 e. The fourth-order valence-corrected chi connectivity index (χ4v) is 3.72. The molecule has 1 amide bonds. The molecule has 28 heavy (non-hydrogen) atoms. The molecule has 0 radical (unpaired) electrons. The number of rotatable bonds is 7. The second kappa shape index (κ2) is 9.55. The van der Waals surface area contributed by atoms with E-state index in [-0.39, 0.29) is 5.91 Å². The van der Waals surface area contributed by atoms with Gasteiger partial charge < -0.3 is 20.3 Å². The largest absolute Gasteiger partial charge is 0.496 e. The molecule has 1 aliphatic rings. The van der Waals surface area contributed by atoms with Gasteiger partial charge in [-0.25, -0.2) is 0 Å². The molecule has 0 aromatic heterocycles. The maximum Gasteiger partial charge on any atom is 0.227 e. The molecule has 2 N–H and O–H groups in total. The van der Waals surface area contributed by atoms with Crippen LogP contribution in [0.1, 0.15) is 30.4 Å². The summed E-state index contributed by atoms with van der Waals surface area (Å²) in [7, 11) is 1.70. The second-order valence-electron chi connectivity index (χ2n) is 6.95. The lowest BCUT2D eigenvalue weighted by Gasteiger charge is -2.19. The number of hydrogen-bond donors (Lipinski definition) is 2. The van der Waals surface area contributed by atoms with Gasteiger partial charge in [-0.15, -0.1) is 0 Å². The lowest BCUT2D eigenvalue weighted by atomic mass is 10.1. The number of carbonyl (C=O) groups excluding carboxylic acids is 1. The van der Waals surface area contributed by atoms with Gasteiger partial charge in [-0.2, -0.15) is 0 Å². The number of nitrogens with one attached hydrogen (secondary N) is 2. The molecule has 0 unspecified atom stereocenters. The molecule has 6 heteroatoms. The molecule has 0 aliphatic carbocycles. The van der Waals surface area contributed by atoms with E-state index in [9.17, 15) is 4.79 Å². The highest BCUT2D eigenvalue weighted by molar-refractivity contribution is 7.80. The van der Waals surface area contributed by atoms with Crippen LogP contribution in [0.4, 0.5) is 11.4 Å². The van der Waals surface area contributed by atoms with Crippen molar-refractivity contribution in [1.29, 1.82) is 0 Å². The molecule has 0 bridgehead atoms. The van der Waals surface area contributed by atoms with Gasteiger partial charge in [-0.1, -0.05) is 18.2 Å². The summed E-state index contributed by atoms with van der Waals surface area (Å²) in [6, 6.07) is 14.1. The van der Waals surface area contributed by atoms with E-state index in [4.69, 9.17) is 17.0 Å². The van der Waals surface area contributed by atoms with Crippen LogP contribution in [-0.4, -0.2) is 31.2 Å². The number of para-hydroxylation sites is 1. The average Bonchev–Trinajstić information content (AvgIpc) is 3.11. The first kappa shape index (κ1) is 20.1. The lowest BCUT2D eigenvalue weighted by Crippen LogP contribution is -2.29. The first-order chi connectivity index (χ1) is 13.6. The Morgan fingerprint density at radius 2 is 2.07 bits per heavy atom. The van der Waals surface area contributed by atoms with Crippen molar-refractivity contribution >= 4 is 34.6 Å². The number of nitrogens with zero attached hydrogens (tertiary/aromatic N) is 1. The normalized spacial score (nSPS) is 13.5. The fourth-order valence-electron chi connectivity index (χ4n) is 3.50. The molecule has 0 spiro atoms. The van der Waals surface area contributed by atoms with Gasteiger partial charge in [-0.05, 0) is 73.8 Å². The van der Waals surface area contributed by atoms with E-state index in [0.717, 1.165) is 55.0 Å². The first-order valence-electron chi connectivity index (χ1n) is 9.66. The zero-order chi connectivity index (χ0) is 19.9. The van der Waals surface area contributed by atoms with E-state index in [0.29, 0.717) is 11.5 Å². The van der Waals surface area contributed by atoms with Gasteiger partial charge in [0.05, 0.1) is 7.11 Å². The van der Waals surface area contributed by atoms with Crippen molar-refractivity contribution in [2.24, 2.45) is 0 Å². The maximum atomic E-state index is 12.0. The standard InChI is InChI=1S/C22H27N3O2S/c1-16-15-18(11-12-19(16)25-14-6-10-21(25)26)24-22(28)23-13-5-8-17-7-3-4-9-20(17)27-2/h3-4,7,9,11-12,15H,5-6,8,10,13-14H2,1-2H3,(H2,23,24,28). The van der Waals surface area contributed by atoms with Crippen LogP contribution >= 0.6 is 12.2 Å². The number of thiocarbonyl (C=S) groups is 1. The van der Waals surface area contributed by atoms with Crippen LogP contribution in [0.2, 0.25) is 0 Å². The van der Waals surface area contributed by atoms with Crippen LogP contribution in [0.5, 0.6) is 5.75 Å². The molecule has 0 saturated carbocycles. The Bertz CT molecular complexity index is 853. The predicted octanol–water partition coefficient (Wildman–Crippen LogP) is 4.05. The molecular weight excluding hydrogens is 370 g/mol. The minimum Gasteiger partial charge on any atom is -0.496 e. The van der Waals surface area contributed by atoms with Gasteiger partial charge in [0.1, 0.15) is 5.75 Å². The first-order valence-corrected chi connectivity index (χ1v) is 10.1. The van der Waals surface area contributed by atoms with Gasteiger partial charge in [-0.3, -0.25) is 4.79 Å². The van der Waals surface area contributed by atoms with E-state index in [1.165, 1.54) is 5.56 Å². The molecule has 2 aromatic carbocycles. The summed E-state index contributed by atoms with van der Waals surface area (Å²) in [4.78, 5) is 13.8. The Hall–Kier alpha value is -2.60. The van der Waals surface area contributed by atoms with Gasteiger partial charge in [0, 0.05) is 30.9 Å². The highest BCUT2D eigenvalue weighted by Gasteiger charge is 2.22. The Morgan fingerprint density at radius 3 is 2.79 bits per heavy atom. The van der Waals surface area contributed by atoms with Crippen LogP contribution in [0, 0.1) is 6.92 Å². The van der Waals surface area contributed by atoms with E-state index >= 15 is 0 Å². The number of ether oxygens (including phenoxy) is 1. The quantitative estimate of drug-likeness (QED) is 0.545. The van der Waals surface area contributed by atoms with Crippen molar-refractivity contribution in [3.63, 3.8) is 0 Å². The van der Waals surface area contributed by atoms with E-state index in [1.54, 1.807) is 7.11 Å². The number of amides is 1. The predicted molar refractivity (Wildman–Crippen MR) is 118 cm³/mol. The third kappa shape index (κ3) is 5.01. The SMILES string of the molecule is COc1ccccc1CCCNC(=S)Nc1ccc(N2CCCC2=O)c(C)c1. The zero-order valence-electron chi connectivity index (χ0n) is 16.5. The summed E-state index contributed by atoms with van der Waals surface area (Å²) in [5.74, 6) is 1.13. The Morgan fingerprint density at radius 1 is 1.25 bits per heavy atom. The highest BCUT2D eigenvalue weighted by atomic mass is 32.1. The monoisotopic (exact) mass is 397 g/mol. The Labute approximate surface area is 172 Å². The number of hydrogen-bond acceptors (Lipinski definition) is 3. The molecule has 1 heterocycles. The maximum absolute atomic E-state index is 12.0. The molecule has 1 aliphatic heterocycles. The third-order valence-corrected chi connectivity index (χ3v) is 5.17. The van der Waals surface area contributed by atoms with Gasteiger partial charge in [0.2, 0.25) is 5.91 Å². The molecule has 0 atom stereocenters. The van der Waals surface area contributed by atoms with Crippen molar-refractivity contribution in [3.8, 4) is 5.75 Å². The van der Waals surface area contributed by atoms with Crippen molar-refractivity contribution in [3.05, 3.63) is 53.6 Å². The Balaban J connectivity index is 1.47. The van der Waals surface area contributed by atoms with Crippen molar-refractivity contribution in [2.45, 2.75) is 32.6 Å². The van der Waals surface area contributed by atoms with Gasteiger partial charge in [0.25, 0.3) is 0 Å².